The number of oxime groups is 1. The quantitative estimate of drug-likeness (QED) is 0.837. The van der Waals surface area contributed by atoms with Crippen LogP contribution >= 0.6 is 0 Å². The van der Waals surface area contributed by atoms with Crippen LogP contribution in [0.1, 0.15) is 26.3 Å². The van der Waals surface area contributed by atoms with E-state index >= 15 is 0 Å². The third-order valence-corrected chi connectivity index (χ3v) is 4.95. The molecule has 27 heavy (non-hydrogen) atoms. The zero-order valence-corrected chi connectivity index (χ0v) is 15.4. The van der Waals surface area contributed by atoms with Crippen molar-refractivity contribution in [2.24, 2.45) is 11.1 Å². The fourth-order valence-electron chi connectivity index (χ4n) is 3.72. The van der Waals surface area contributed by atoms with Gasteiger partial charge in [0.25, 0.3) is 0 Å². The van der Waals surface area contributed by atoms with Gasteiger partial charge in [-0.15, -0.1) is 0 Å². The van der Waals surface area contributed by atoms with Crippen molar-refractivity contribution >= 4 is 11.7 Å². The predicted molar refractivity (Wildman–Crippen MR) is 92.8 cm³/mol. The van der Waals surface area contributed by atoms with E-state index in [0.717, 1.165) is 5.56 Å². The number of nitrogens with zero attached hydrogens (tertiary/aromatic N) is 1. The third kappa shape index (κ3) is 3.45. The van der Waals surface area contributed by atoms with Crippen molar-refractivity contribution in [1.29, 1.82) is 0 Å². The fraction of sp³-hybridized carbons (Fsp3) is 0.579. The fourth-order valence-corrected chi connectivity index (χ4v) is 3.72. The van der Waals surface area contributed by atoms with Gasteiger partial charge in [0, 0.05) is 0 Å². The standard InChI is InChI=1S/C19H23NO7/c1-10-12(17(21)22)13(20-27-10)14-15(23-9-11-7-5-4-6-8-11)16-18(24-14)26-19(2,3)25-16/h4-8,10,12,14-16,18H,9H2,1-3H3,(H,21,22)/t10?,12?,14-,15+,16-,18-/m1/s1. The number of rotatable bonds is 5. The van der Waals surface area contributed by atoms with Crippen molar-refractivity contribution in [1.82, 2.24) is 0 Å². The number of fused-ring (bicyclic) bond motifs is 1. The van der Waals surface area contributed by atoms with Crippen LogP contribution in [0.25, 0.3) is 0 Å². The number of hydrogen-bond acceptors (Lipinski definition) is 7. The molecule has 0 aliphatic carbocycles. The van der Waals surface area contributed by atoms with Crippen LogP contribution in [-0.4, -0.2) is 53.3 Å². The van der Waals surface area contributed by atoms with Crippen LogP contribution in [0.2, 0.25) is 0 Å². The lowest BCUT2D eigenvalue weighted by Gasteiger charge is -2.26. The van der Waals surface area contributed by atoms with Gasteiger partial charge in [0.2, 0.25) is 0 Å². The van der Waals surface area contributed by atoms with E-state index in [4.69, 9.17) is 23.8 Å². The second-order valence-corrected chi connectivity index (χ2v) is 7.43. The van der Waals surface area contributed by atoms with Gasteiger partial charge in [0.1, 0.15) is 36.0 Å². The molecule has 8 nitrogen and oxygen atoms in total. The first-order valence-electron chi connectivity index (χ1n) is 8.99. The van der Waals surface area contributed by atoms with Gasteiger partial charge in [-0.05, 0) is 26.3 Å². The first-order chi connectivity index (χ1) is 12.9. The van der Waals surface area contributed by atoms with Gasteiger partial charge < -0.3 is 28.9 Å². The van der Waals surface area contributed by atoms with Gasteiger partial charge in [-0.25, -0.2) is 0 Å². The van der Waals surface area contributed by atoms with Crippen LogP contribution in [0.5, 0.6) is 0 Å². The lowest BCUT2D eigenvalue weighted by Crippen LogP contribution is -2.45. The van der Waals surface area contributed by atoms with E-state index in [9.17, 15) is 9.90 Å². The van der Waals surface area contributed by atoms with Gasteiger partial charge in [-0.3, -0.25) is 4.79 Å². The summed E-state index contributed by atoms with van der Waals surface area (Å²) in [6.07, 6.45) is -2.99. The summed E-state index contributed by atoms with van der Waals surface area (Å²) < 4.78 is 23.9. The van der Waals surface area contributed by atoms with Crippen molar-refractivity contribution in [3.63, 3.8) is 0 Å². The normalized spacial score (nSPS) is 36.9. The Hall–Kier alpha value is -2.00. The lowest BCUT2D eigenvalue weighted by molar-refractivity contribution is -0.211. The number of aliphatic carboxylic acids is 1. The van der Waals surface area contributed by atoms with Crippen LogP contribution in [0.3, 0.4) is 0 Å². The van der Waals surface area contributed by atoms with E-state index in [2.05, 4.69) is 5.16 Å². The zero-order chi connectivity index (χ0) is 19.2. The smallest absolute Gasteiger partial charge is 0.316 e. The SMILES string of the molecule is CC1ON=C([C@H]2O[C@@H]3OC(C)(C)O[C@@H]3[C@H]2OCc2ccccc2)C1C(=O)O. The van der Waals surface area contributed by atoms with Crippen molar-refractivity contribution in [2.75, 3.05) is 0 Å². The summed E-state index contributed by atoms with van der Waals surface area (Å²) in [7, 11) is 0. The maximum absolute atomic E-state index is 11.7. The number of carboxylic acids is 1. The maximum atomic E-state index is 11.7. The molecule has 0 saturated carbocycles. The van der Waals surface area contributed by atoms with Crippen molar-refractivity contribution in [2.45, 2.75) is 63.9 Å². The molecule has 0 radical (unpaired) electrons. The van der Waals surface area contributed by atoms with Crippen molar-refractivity contribution in [3.8, 4) is 0 Å². The Bertz CT molecular complexity index is 735. The number of benzene rings is 1. The molecule has 3 aliphatic rings. The van der Waals surface area contributed by atoms with Crippen LogP contribution < -0.4 is 0 Å². The summed E-state index contributed by atoms with van der Waals surface area (Å²) in [5, 5.41) is 13.6. The Balaban J connectivity index is 1.57. The van der Waals surface area contributed by atoms with Gasteiger partial charge in [-0.1, -0.05) is 35.5 Å². The van der Waals surface area contributed by atoms with Crippen molar-refractivity contribution < 1.29 is 33.7 Å². The highest BCUT2D eigenvalue weighted by Gasteiger charge is 2.59. The molecule has 1 N–H and O–H groups in total. The summed E-state index contributed by atoms with van der Waals surface area (Å²) in [5.41, 5.74) is 1.29. The van der Waals surface area contributed by atoms with E-state index in [1.54, 1.807) is 20.8 Å². The molecule has 2 unspecified atom stereocenters. The number of carbonyl (C=O) groups is 1. The Morgan fingerprint density at radius 1 is 1.26 bits per heavy atom. The van der Waals surface area contributed by atoms with Gasteiger partial charge >= 0.3 is 5.97 Å². The Kier molecular flexibility index (Phi) is 4.67. The minimum Gasteiger partial charge on any atom is -0.481 e. The molecule has 0 aromatic heterocycles. The van der Waals surface area contributed by atoms with E-state index in [1.165, 1.54) is 0 Å². The highest BCUT2D eigenvalue weighted by Crippen LogP contribution is 2.41. The molecule has 1 aromatic rings. The number of carboxylic acid groups (broad SMARTS) is 1. The van der Waals surface area contributed by atoms with Crippen LogP contribution in [0.15, 0.2) is 35.5 Å². The molecule has 1 aromatic carbocycles. The van der Waals surface area contributed by atoms with E-state index in [0.29, 0.717) is 12.3 Å². The first-order valence-corrected chi connectivity index (χ1v) is 8.99. The minimum atomic E-state index is -1.01. The van der Waals surface area contributed by atoms with E-state index < -0.39 is 48.4 Å². The molecule has 3 heterocycles. The Morgan fingerprint density at radius 3 is 2.70 bits per heavy atom. The average molecular weight is 377 g/mol. The number of hydrogen-bond donors (Lipinski definition) is 1. The van der Waals surface area contributed by atoms with Crippen LogP contribution in [-0.2, 0) is 35.2 Å². The van der Waals surface area contributed by atoms with E-state index in [-0.39, 0.29) is 0 Å². The minimum absolute atomic E-state index is 0.299. The molecule has 0 amide bonds. The second kappa shape index (κ2) is 6.87. The molecule has 4 rings (SSSR count). The summed E-state index contributed by atoms with van der Waals surface area (Å²) in [5.74, 6) is -2.71. The second-order valence-electron chi connectivity index (χ2n) is 7.43. The molecule has 0 spiro atoms. The summed E-state index contributed by atoms with van der Waals surface area (Å²) >= 11 is 0. The highest BCUT2D eigenvalue weighted by molar-refractivity contribution is 6.05. The molecular weight excluding hydrogens is 354 g/mol. The molecule has 2 fully saturated rings. The summed E-state index contributed by atoms with van der Waals surface area (Å²) in [6.45, 7) is 5.60. The van der Waals surface area contributed by atoms with Gasteiger partial charge in [-0.2, -0.15) is 0 Å². The summed E-state index contributed by atoms with van der Waals surface area (Å²) in [6, 6.07) is 9.70. The Morgan fingerprint density at radius 2 is 2.00 bits per heavy atom. The predicted octanol–water partition coefficient (Wildman–Crippen LogP) is 1.92. The highest BCUT2D eigenvalue weighted by atomic mass is 16.8. The largest absolute Gasteiger partial charge is 0.481 e. The average Bonchev–Trinajstić information content (AvgIpc) is 3.23. The van der Waals surface area contributed by atoms with Crippen LogP contribution in [0, 0.1) is 5.92 Å². The maximum Gasteiger partial charge on any atom is 0.316 e. The molecule has 8 heteroatoms. The van der Waals surface area contributed by atoms with E-state index in [1.807, 2.05) is 30.3 Å². The first kappa shape index (κ1) is 18.4. The Labute approximate surface area is 157 Å². The van der Waals surface area contributed by atoms with Crippen LogP contribution in [0.4, 0.5) is 0 Å². The molecule has 2 saturated heterocycles. The summed E-state index contributed by atoms with van der Waals surface area (Å²) in [4.78, 5) is 16.9. The molecule has 146 valence electrons. The molecule has 6 atom stereocenters. The molecule has 0 bridgehead atoms. The zero-order valence-electron chi connectivity index (χ0n) is 15.4. The molecular formula is C19H23NO7. The monoisotopic (exact) mass is 377 g/mol. The van der Waals surface area contributed by atoms with Gasteiger partial charge in [0.05, 0.1) is 6.61 Å². The lowest BCUT2D eigenvalue weighted by atomic mass is 9.92. The molecule has 3 aliphatic heterocycles. The van der Waals surface area contributed by atoms with Crippen molar-refractivity contribution in [3.05, 3.63) is 35.9 Å². The topological polar surface area (TPSA) is 95.8 Å². The third-order valence-electron chi connectivity index (χ3n) is 4.95. The number of ether oxygens (including phenoxy) is 4. The van der Waals surface area contributed by atoms with Gasteiger partial charge in [0.15, 0.2) is 12.1 Å².